The number of aryl methyl sites for hydroxylation is 1. The zero-order chi connectivity index (χ0) is 23.2. The minimum atomic E-state index is -0.979. The molecule has 1 aromatic heterocycles. The van der Waals surface area contributed by atoms with Crippen LogP contribution in [0.5, 0.6) is 11.5 Å². The SMILES string of the molecule is O=C(O)CCn1c2ccccc2c2ccc(OCCCCOc3cccc(C(=O)O)c3)cc21. The van der Waals surface area contributed by atoms with Crippen molar-refractivity contribution in [3.63, 3.8) is 0 Å². The van der Waals surface area contributed by atoms with Crippen LogP contribution in [0.25, 0.3) is 21.8 Å². The molecule has 7 heteroatoms. The van der Waals surface area contributed by atoms with E-state index < -0.39 is 11.9 Å². The summed E-state index contributed by atoms with van der Waals surface area (Å²) < 4.78 is 13.6. The summed E-state index contributed by atoms with van der Waals surface area (Å²) in [6.45, 7) is 1.37. The third-order valence-electron chi connectivity index (χ3n) is 5.45. The number of carboxylic acid groups (broad SMARTS) is 2. The minimum Gasteiger partial charge on any atom is -0.494 e. The maximum atomic E-state index is 11.1. The molecule has 0 fully saturated rings. The van der Waals surface area contributed by atoms with Gasteiger partial charge in [-0.15, -0.1) is 0 Å². The van der Waals surface area contributed by atoms with Crippen molar-refractivity contribution in [2.75, 3.05) is 13.2 Å². The van der Waals surface area contributed by atoms with Crippen LogP contribution in [-0.4, -0.2) is 39.9 Å². The summed E-state index contributed by atoms with van der Waals surface area (Å²) in [7, 11) is 0. The second kappa shape index (κ2) is 10.1. The number of unbranched alkanes of at least 4 members (excludes halogenated alkanes) is 1. The van der Waals surface area contributed by atoms with Crippen molar-refractivity contribution in [3.05, 3.63) is 72.3 Å². The van der Waals surface area contributed by atoms with Gasteiger partial charge in [0, 0.05) is 28.9 Å². The Morgan fingerprint density at radius 3 is 2.18 bits per heavy atom. The molecule has 4 aromatic rings. The molecule has 33 heavy (non-hydrogen) atoms. The molecule has 0 radical (unpaired) electrons. The fourth-order valence-electron chi connectivity index (χ4n) is 3.87. The number of aromatic carboxylic acids is 1. The van der Waals surface area contributed by atoms with Gasteiger partial charge in [-0.3, -0.25) is 4.79 Å². The molecular formula is C26H25NO6. The highest BCUT2D eigenvalue weighted by Crippen LogP contribution is 2.31. The van der Waals surface area contributed by atoms with Crippen LogP contribution in [0.2, 0.25) is 0 Å². The number of ether oxygens (including phenoxy) is 2. The van der Waals surface area contributed by atoms with E-state index in [2.05, 4.69) is 0 Å². The summed E-state index contributed by atoms with van der Waals surface area (Å²) >= 11 is 0. The zero-order valence-corrected chi connectivity index (χ0v) is 18.1. The predicted octanol–water partition coefficient (Wildman–Crippen LogP) is 5.21. The van der Waals surface area contributed by atoms with Crippen LogP contribution in [0.3, 0.4) is 0 Å². The molecule has 0 saturated carbocycles. The maximum Gasteiger partial charge on any atom is 0.335 e. The lowest BCUT2D eigenvalue weighted by Gasteiger charge is -2.10. The maximum absolute atomic E-state index is 11.1. The van der Waals surface area contributed by atoms with Gasteiger partial charge in [-0.1, -0.05) is 24.3 Å². The van der Waals surface area contributed by atoms with E-state index in [-0.39, 0.29) is 12.0 Å². The van der Waals surface area contributed by atoms with E-state index in [0.717, 1.165) is 40.4 Å². The van der Waals surface area contributed by atoms with Gasteiger partial charge in [0.1, 0.15) is 11.5 Å². The number of rotatable bonds is 11. The number of carbonyl (C=O) groups is 2. The number of hydrogen-bond donors (Lipinski definition) is 2. The molecule has 0 unspecified atom stereocenters. The van der Waals surface area contributed by atoms with Crippen molar-refractivity contribution in [2.24, 2.45) is 0 Å². The summed E-state index contributed by atoms with van der Waals surface area (Å²) in [4.78, 5) is 22.1. The predicted molar refractivity (Wildman–Crippen MR) is 125 cm³/mol. The number of aliphatic carboxylic acids is 1. The molecule has 0 bridgehead atoms. The summed E-state index contributed by atoms with van der Waals surface area (Å²) in [5.41, 5.74) is 2.17. The van der Waals surface area contributed by atoms with Crippen molar-refractivity contribution < 1.29 is 29.3 Å². The fraction of sp³-hybridized carbons (Fsp3) is 0.231. The summed E-state index contributed by atoms with van der Waals surface area (Å²) in [5, 5.41) is 20.3. The van der Waals surface area contributed by atoms with Gasteiger partial charge < -0.3 is 24.3 Å². The van der Waals surface area contributed by atoms with E-state index >= 15 is 0 Å². The Morgan fingerprint density at radius 2 is 1.45 bits per heavy atom. The molecule has 0 atom stereocenters. The molecule has 0 aliphatic rings. The lowest BCUT2D eigenvalue weighted by Crippen LogP contribution is -2.05. The fourth-order valence-corrected chi connectivity index (χ4v) is 3.87. The molecule has 0 saturated heterocycles. The first kappa shape index (κ1) is 22.2. The first-order chi connectivity index (χ1) is 16.0. The molecule has 0 aliphatic carbocycles. The second-order valence-corrected chi connectivity index (χ2v) is 7.73. The third kappa shape index (κ3) is 5.26. The molecule has 170 valence electrons. The van der Waals surface area contributed by atoms with Gasteiger partial charge in [-0.2, -0.15) is 0 Å². The van der Waals surface area contributed by atoms with Crippen molar-refractivity contribution in [1.82, 2.24) is 4.57 Å². The molecule has 0 aliphatic heterocycles. The monoisotopic (exact) mass is 447 g/mol. The van der Waals surface area contributed by atoms with Gasteiger partial charge >= 0.3 is 11.9 Å². The molecular weight excluding hydrogens is 422 g/mol. The molecule has 4 rings (SSSR count). The van der Waals surface area contributed by atoms with Gasteiger partial charge in [-0.05, 0) is 49.2 Å². The average molecular weight is 447 g/mol. The van der Waals surface area contributed by atoms with Crippen molar-refractivity contribution in [3.8, 4) is 11.5 Å². The number of para-hydroxylation sites is 1. The van der Waals surface area contributed by atoms with E-state index in [9.17, 15) is 9.59 Å². The number of benzene rings is 3. The van der Waals surface area contributed by atoms with Crippen LogP contribution in [0, 0.1) is 0 Å². The normalized spacial score (nSPS) is 11.0. The number of carboxylic acids is 2. The van der Waals surface area contributed by atoms with Gasteiger partial charge in [0.15, 0.2) is 0 Å². The van der Waals surface area contributed by atoms with Crippen LogP contribution >= 0.6 is 0 Å². The van der Waals surface area contributed by atoms with Crippen LogP contribution in [-0.2, 0) is 11.3 Å². The first-order valence-electron chi connectivity index (χ1n) is 10.8. The topological polar surface area (TPSA) is 98.0 Å². The molecule has 3 aromatic carbocycles. The molecule has 7 nitrogen and oxygen atoms in total. The van der Waals surface area contributed by atoms with Crippen LogP contribution in [0.1, 0.15) is 29.6 Å². The van der Waals surface area contributed by atoms with E-state index in [0.29, 0.717) is 25.5 Å². The van der Waals surface area contributed by atoms with Gasteiger partial charge in [0.05, 0.1) is 30.7 Å². The third-order valence-corrected chi connectivity index (χ3v) is 5.45. The van der Waals surface area contributed by atoms with E-state index in [1.807, 2.05) is 47.0 Å². The van der Waals surface area contributed by atoms with Gasteiger partial charge in [0.25, 0.3) is 0 Å². The zero-order valence-electron chi connectivity index (χ0n) is 18.1. The quantitative estimate of drug-likeness (QED) is 0.307. The Bertz CT molecular complexity index is 1290. The number of hydrogen-bond acceptors (Lipinski definition) is 4. The summed E-state index contributed by atoms with van der Waals surface area (Å²) in [6.07, 6.45) is 1.59. The van der Waals surface area contributed by atoms with Crippen LogP contribution in [0.15, 0.2) is 66.7 Å². The van der Waals surface area contributed by atoms with E-state index in [4.69, 9.17) is 19.7 Å². The second-order valence-electron chi connectivity index (χ2n) is 7.73. The van der Waals surface area contributed by atoms with E-state index in [1.54, 1.807) is 12.1 Å². The highest BCUT2D eigenvalue weighted by Gasteiger charge is 2.12. The van der Waals surface area contributed by atoms with Crippen molar-refractivity contribution in [1.29, 1.82) is 0 Å². The summed E-state index contributed by atoms with van der Waals surface area (Å²) in [5.74, 6) is -0.537. The minimum absolute atomic E-state index is 0.0498. The average Bonchev–Trinajstić information content (AvgIpc) is 3.13. The molecule has 2 N–H and O–H groups in total. The Labute approximate surface area is 190 Å². The van der Waals surface area contributed by atoms with Crippen LogP contribution in [0.4, 0.5) is 0 Å². The molecule has 0 amide bonds. The van der Waals surface area contributed by atoms with Crippen molar-refractivity contribution >= 4 is 33.7 Å². The smallest absolute Gasteiger partial charge is 0.335 e. The molecule has 0 spiro atoms. The Kier molecular flexibility index (Phi) is 6.78. The Morgan fingerprint density at radius 1 is 0.758 bits per heavy atom. The Hall–Kier alpha value is -4.00. The highest BCUT2D eigenvalue weighted by atomic mass is 16.5. The molecule has 1 heterocycles. The lowest BCUT2D eigenvalue weighted by molar-refractivity contribution is -0.137. The number of fused-ring (bicyclic) bond motifs is 3. The largest absolute Gasteiger partial charge is 0.494 e. The van der Waals surface area contributed by atoms with Crippen LogP contribution < -0.4 is 9.47 Å². The number of aromatic nitrogens is 1. The Balaban J connectivity index is 1.36. The highest BCUT2D eigenvalue weighted by molar-refractivity contribution is 6.08. The number of nitrogens with zero attached hydrogens (tertiary/aromatic N) is 1. The lowest BCUT2D eigenvalue weighted by atomic mass is 10.1. The summed E-state index contributed by atoms with van der Waals surface area (Å²) in [6, 6.07) is 20.3. The first-order valence-corrected chi connectivity index (χ1v) is 10.8. The van der Waals surface area contributed by atoms with Crippen molar-refractivity contribution in [2.45, 2.75) is 25.8 Å². The standard InChI is InChI=1S/C26H25NO6/c28-25(29)12-13-27-23-9-2-1-8-21(23)22-11-10-20(17-24(22)27)33-15-4-3-14-32-19-7-5-6-18(16-19)26(30)31/h1-2,5-11,16-17H,3-4,12-15H2,(H,28,29)(H,30,31). The van der Waals surface area contributed by atoms with Gasteiger partial charge in [-0.25, -0.2) is 4.79 Å². The van der Waals surface area contributed by atoms with E-state index in [1.165, 1.54) is 12.1 Å². The van der Waals surface area contributed by atoms with Gasteiger partial charge in [0.2, 0.25) is 0 Å².